The van der Waals surface area contributed by atoms with Crippen LogP contribution in [0, 0.1) is 17.0 Å². The van der Waals surface area contributed by atoms with Gasteiger partial charge in [-0.2, -0.15) is 15.3 Å². The van der Waals surface area contributed by atoms with Gasteiger partial charge >= 0.3 is 5.69 Å². The Kier molecular flexibility index (Phi) is 4.75. The molecule has 5 rings (SSSR count). The number of nitrogens with one attached hydrogen (secondary N) is 2. The Balaban J connectivity index is 1.76. The summed E-state index contributed by atoms with van der Waals surface area (Å²) in [7, 11) is 1.70. The van der Waals surface area contributed by atoms with E-state index in [1.165, 1.54) is 4.68 Å². The minimum absolute atomic E-state index is 0.0180. The first-order chi connectivity index (χ1) is 16.1. The van der Waals surface area contributed by atoms with Crippen molar-refractivity contribution in [2.75, 3.05) is 0 Å². The number of fused-ring (bicyclic) bond motifs is 1. The van der Waals surface area contributed by atoms with Gasteiger partial charge in [0.25, 0.3) is 5.91 Å². The van der Waals surface area contributed by atoms with Gasteiger partial charge in [-0.25, -0.2) is 0 Å². The Morgan fingerprint density at radius 2 is 2.09 bits per heavy atom. The second-order valence-electron chi connectivity index (χ2n) is 9.73. The average molecular weight is 462 g/mol. The normalized spacial score (nSPS) is 24.8. The van der Waals surface area contributed by atoms with Gasteiger partial charge < -0.3 is 10.6 Å². The summed E-state index contributed by atoms with van der Waals surface area (Å²) < 4.78 is 1.54. The van der Waals surface area contributed by atoms with Gasteiger partial charge in [-0.3, -0.25) is 19.6 Å². The molecule has 3 aliphatic heterocycles. The lowest BCUT2D eigenvalue weighted by atomic mass is 9.62. The Bertz CT molecular complexity index is 1330. The van der Waals surface area contributed by atoms with Gasteiger partial charge in [-0.05, 0) is 38.8 Å². The summed E-state index contributed by atoms with van der Waals surface area (Å²) >= 11 is 0. The number of aromatic nitrogens is 2. The van der Waals surface area contributed by atoms with Gasteiger partial charge in [0.15, 0.2) is 6.17 Å². The molecule has 1 aromatic heterocycles. The molecule has 2 N–H and O–H groups in total. The molecule has 0 aliphatic carbocycles. The molecule has 1 unspecified atom stereocenters. The van der Waals surface area contributed by atoms with Crippen LogP contribution in [-0.4, -0.2) is 32.3 Å². The quantitative estimate of drug-likeness (QED) is 0.529. The largest absolute Gasteiger partial charge is 0.362 e. The van der Waals surface area contributed by atoms with Crippen LogP contribution in [0.25, 0.3) is 11.3 Å². The van der Waals surface area contributed by atoms with E-state index in [2.05, 4.69) is 26.0 Å². The van der Waals surface area contributed by atoms with Crippen molar-refractivity contribution >= 4 is 11.6 Å². The third-order valence-electron chi connectivity index (χ3n) is 7.04. The molecule has 0 spiro atoms. The molecule has 1 amide bonds. The van der Waals surface area contributed by atoms with Crippen molar-refractivity contribution in [3.63, 3.8) is 0 Å². The zero-order valence-electron chi connectivity index (χ0n) is 19.8. The molecule has 0 bridgehead atoms. The molecule has 2 aromatic rings. The van der Waals surface area contributed by atoms with Crippen molar-refractivity contribution in [2.45, 2.75) is 57.7 Å². The van der Waals surface area contributed by atoms with Crippen molar-refractivity contribution in [1.82, 2.24) is 20.4 Å². The maximum absolute atomic E-state index is 13.5. The van der Waals surface area contributed by atoms with Gasteiger partial charge in [-0.15, -0.1) is 0 Å². The maximum atomic E-state index is 13.5. The van der Waals surface area contributed by atoms with Gasteiger partial charge in [0, 0.05) is 35.8 Å². The molecule has 4 heterocycles. The van der Waals surface area contributed by atoms with Crippen LogP contribution < -0.4 is 10.6 Å². The van der Waals surface area contributed by atoms with E-state index in [4.69, 9.17) is 0 Å². The molecule has 3 aliphatic rings. The fourth-order valence-corrected chi connectivity index (χ4v) is 5.73. The van der Waals surface area contributed by atoms with E-state index < -0.39 is 15.9 Å². The number of nitrogens with zero attached hydrogens (tertiary/aromatic N) is 5. The van der Waals surface area contributed by atoms with Crippen LogP contribution in [0.3, 0.4) is 0 Å². The summed E-state index contributed by atoms with van der Waals surface area (Å²) in [6.07, 6.45) is 2.63. The lowest BCUT2D eigenvalue weighted by Crippen LogP contribution is -2.58. The topological polar surface area (TPSA) is 127 Å². The van der Waals surface area contributed by atoms with E-state index in [9.17, 15) is 14.9 Å². The summed E-state index contributed by atoms with van der Waals surface area (Å²) in [5.74, 6) is -0.125. The van der Waals surface area contributed by atoms with Crippen LogP contribution in [0.2, 0.25) is 0 Å². The summed E-state index contributed by atoms with van der Waals surface area (Å²) in [4.78, 5) is 25.0. The van der Waals surface area contributed by atoms with Crippen molar-refractivity contribution in [2.24, 2.45) is 17.3 Å². The van der Waals surface area contributed by atoms with E-state index in [1.807, 2.05) is 45.0 Å². The minimum Gasteiger partial charge on any atom is -0.362 e. The predicted octanol–water partition coefficient (Wildman–Crippen LogP) is 3.78. The summed E-state index contributed by atoms with van der Waals surface area (Å²) in [6.45, 7) is 7.67. The number of amides is 1. The number of benzene rings is 1. The van der Waals surface area contributed by atoms with Crippen LogP contribution in [-0.2, 0) is 17.3 Å². The molecule has 0 saturated carbocycles. The van der Waals surface area contributed by atoms with E-state index >= 15 is 0 Å². The molecule has 0 fully saturated rings. The Morgan fingerprint density at radius 3 is 2.79 bits per heavy atom. The SMILES string of the molecule is CC[C@@]1(c2cccc(-c3c([N+](=O)[O-])c(C)nn3C)c2)C2=CN=NC2NC2=C1C(=O)NC(C)(C)C2. The molecular weight excluding hydrogens is 434 g/mol. The molecule has 0 radical (unpaired) electrons. The van der Waals surface area contributed by atoms with E-state index in [1.54, 1.807) is 20.2 Å². The Labute approximate surface area is 197 Å². The lowest BCUT2D eigenvalue weighted by Gasteiger charge is -2.48. The number of carbonyl (C=O) groups excluding carboxylic acids is 1. The first kappa shape index (κ1) is 22.0. The predicted molar refractivity (Wildman–Crippen MR) is 126 cm³/mol. The van der Waals surface area contributed by atoms with Crippen LogP contribution in [0.5, 0.6) is 0 Å². The lowest BCUT2D eigenvalue weighted by molar-refractivity contribution is -0.384. The second kappa shape index (κ2) is 7.34. The van der Waals surface area contributed by atoms with Gasteiger partial charge in [0.05, 0.1) is 22.1 Å². The first-order valence-electron chi connectivity index (χ1n) is 11.3. The number of aryl methyl sites for hydroxylation is 2. The van der Waals surface area contributed by atoms with Crippen molar-refractivity contribution in [3.8, 4) is 11.3 Å². The number of rotatable bonds is 4. The highest BCUT2D eigenvalue weighted by atomic mass is 16.6. The molecule has 34 heavy (non-hydrogen) atoms. The fraction of sp³-hybridized carbons (Fsp3) is 0.417. The van der Waals surface area contributed by atoms with Crippen LogP contribution in [0.1, 0.15) is 44.9 Å². The molecule has 10 nitrogen and oxygen atoms in total. The van der Waals surface area contributed by atoms with E-state index in [0.29, 0.717) is 35.4 Å². The summed E-state index contributed by atoms with van der Waals surface area (Å²) in [5.41, 5.74) is 3.57. The van der Waals surface area contributed by atoms with Gasteiger partial charge in [-0.1, -0.05) is 25.1 Å². The van der Waals surface area contributed by atoms with Crippen molar-refractivity contribution in [3.05, 3.63) is 68.7 Å². The van der Waals surface area contributed by atoms with Crippen molar-refractivity contribution in [1.29, 1.82) is 0 Å². The van der Waals surface area contributed by atoms with Gasteiger partial charge in [0.2, 0.25) is 0 Å². The third kappa shape index (κ3) is 3.01. The van der Waals surface area contributed by atoms with Crippen molar-refractivity contribution < 1.29 is 9.72 Å². The maximum Gasteiger partial charge on any atom is 0.317 e. The van der Waals surface area contributed by atoms with Crippen LogP contribution in [0.4, 0.5) is 5.69 Å². The van der Waals surface area contributed by atoms with Crippen LogP contribution >= 0.6 is 0 Å². The molecule has 2 atom stereocenters. The standard InChI is InChI=1S/C24H27N7O3/c1-6-24(15-9-7-8-14(10-15)20-19(31(33)34)13(2)29-30(20)5)16-12-25-28-21(16)26-17-11-23(3,4)27-22(32)18(17)24/h7-10,12,21,26H,6,11H2,1-5H3,(H,27,32)/t21?,24-/m1/s1. The van der Waals surface area contributed by atoms with E-state index in [0.717, 1.165) is 16.8 Å². The zero-order valence-corrected chi connectivity index (χ0v) is 19.8. The summed E-state index contributed by atoms with van der Waals surface area (Å²) in [6, 6.07) is 7.62. The zero-order chi connectivity index (χ0) is 24.4. The van der Waals surface area contributed by atoms with Gasteiger partial charge in [0.1, 0.15) is 11.4 Å². The monoisotopic (exact) mass is 461 g/mol. The number of azo groups is 1. The second-order valence-corrected chi connectivity index (χ2v) is 9.73. The molecular formula is C24H27N7O3. The first-order valence-corrected chi connectivity index (χ1v) is 11.3. The Morgan fingerprint density at radius 1 is 1.32 bits per heavy atom. The third-order valence-corrected chi connectivity index (χ3v) is 7.04. The number of carbonyl (C=O) groups is 1. The number of hydrogen-bond donors (Lipinski definition) is 2. The van der Waals surface area contributed by atoms with Crippen LogP contribution in [0.15, 0.2) is 57.5 Å². The minimum atomic E-state index is -0.770. The average Bonchev–Trinajstić information content (AvgIpc) is 3.34. The molecule has 176 valence electrons. The van der Waals surface area contributed by atoms with E-state index in [-0.39, 0.29) is 17.8 Å². The molecule has 10 heteroatoms. The highest BCUT2D eigenvalue weighted by Gasteiger charge is 2.53. The molecule has 0 saturated heterocycles. The number of hydrogen-bond acceptors (Lipinski definition) is 7. The number of nitro groups is 1. The summed E-state index contributed by atoms with van der Waals surface area (Å²) in [5, 5.41) is 31.3. The Hall–Kier alpha value is -3.82. The smallest absolute Gasteiger partial charge is 0.317 e. The highest BCUT2D eigenvalue weighted by Crippen LogP contribution is 2.51. The highest BCUT2D eigenvalue weighted by molar-refractivity contribution is 6.00. The fourth-order valence-electron chi connectivity index (χ4n) is 5.73. The molecule has 1 aromatic carbocycles.